The van der Waals surface area contributed by atoms with E-state index >= 15 is 0 Å². The normalized spacial score (nSPS) is 24.2. The van der Waals surface area contributed by atoms with Crippen molar-refractivity contribution >= 4 is 23.4 Å². The van der Waals surface area contributed by atoms with Crippen molar-refractivity contribution in [2.75, 3.05) is 11.4 Å². The van der Waals surface area contributed by atoms with Crippen LogP contribution < -0.4 is 10.2 Å². The molecule has 1 N–H and O–H groups in total. The number of benzene rings is 3. The number of hydrogen-bond donors (Lipinski definition) is 1. The van der Waals surface area contributed by atoms with Crippen LogP contribution in [0.4, 0.5) is 5.69 Å². The number of rotatable bonds is 4. The molecule has 162 valence electrons. The van der Waals surface area contributed by atoms with Gasteiger partial charge in [0.2, 0.25) is 11.8 Å². The van der Waals surface area contributed by atoms with E-state index in [1.807, 2.05) is 24.3 Å². The molecular weight excluding hydrogens is 412 g/mol. The van der Waals surface area contributed by atoms with Gasteiger partial charge in [-0.1, -0.05) is 54.6 Å². The van der Waals surface area contributed by atoms with Gasteiger partial charge >= 0.3 is 0 Å². The molecule has 5 heteroatoms. The van der Waals surface area contributed by atoms with E-state index in [2.05, 4.69) is 36.2 Å². The molecule has 1 saturated heterocycles. The van der Waals surface area contributed by atoms with E-state index in [-0.39, 0.29) is 29.6 Å². The van der Waals surface area contributed by atoms with Crippen LogP contribution in [0.25, 0.3) is 0 Å². The first-order valence-corrected chi connectivity index (χ1v) is 11.2. The molecular formula is C28H22N2O3. The lowest BCUT2D eigenvalue weighted by Crippen LogP contribution is -2.41. The Morgan fingerprint density at radius 1 is 0.788 bits per heavy atom. The Morgan fingerprint density at radius 3 is 1.67 bits per heavy atom. The maximum absolute atomic E-state index is 13.7. The maximum Gasteiger partial charge on any atom is 0.251 e. The summed E-state index contributed by atoms with van der Waals surface area (Å²) in [5.74, 6) is -1.62. The van der Waals surface area contributed by atoms with E-state index in [1.54, 1.807) is 30.3 Å². The summed E-state index contributed by atoms with van der Waals surface area (Å²) in [7, 11) is 0. The molecule has 3 amide bonds. The highest BCUT2D eigenvalue weighted by atomic mass is 16.2. The summed E-state index contributed by atoms with van der Waals surface area (Å²) in [6.45, 7) is 3.97. The van der Waals surface area contributed by atoms with Crippen molar-refractivity contribution in [2.45, 2.75) is 11.8 Å². The summed E-state index contributed by atoms with van der Waals surface area (Å²) in [6, 6.07) is 23.1. The van der Waals surface area contributed by atoms with Gasteiger partial charge in [0, 0.05) is 23.9 Å². The van der Waals surface area contributed by atoms with E-state index in [1.165, 1.54) is 4.90 Å². The molecule has 0 radical (unpaired) electrons. The predicted molar refractivity (Wildman–Crippen MR) is 125 cm³/mol. The van der Waals surface area contributed by atoms with Crippen LogP contribution in [0.15, 0.2) is 85.5 Å². The molecule has 4 aliphatic rings. The molecule has 3 aliphatic carbocycles. The maximum atomic E-state index is 13.7. The third-order valence-corrected chi connectivity index (χ3v) is 7.24. The highest BCUT2D eigenvalue weighted by molar-refractivity contribution is 6.23. The van der Waals surface area contributed by atoms with E-state index in [9.17, 15) is 14.4 Å². The van der Waals surface area contributed by atoms with Crippen molar-refractivity contribution in [3.63, 3.8) is 0 Å². The highest BCUT2D eigenvalue weighted by Crippen LogP contribution is 2.61. The second kappa shape index (κ2) is 7.27. The van der Waals surface area contributed by atoms with Gasteiger partial charge in [-0.15, -0.1) is 6.58 Å². The molecule has 5 nitrogen and oxygen atoms in total. The van der Waals surface area contributed by atoms with Crippen LogP contribution in [-0.4, -0.2) is 24.3 Å². The van der Waals surface area contributed by atoms with Crippen molar-refractivity contribution < 1.29 is 14.4 Å². The monoisotopic (exact) mass is 434 g/mol. The van der Waals surface area contributed by atoms with Crippen molar-refractivity contribution in [3.05, 3.63) is 113 Å². The fraction of sp³-hybridized carbons (Fsp3) is 0.179. The number of nitrogens with one attached hydrogen (secondary N) is 1. The molecule has 1 heterocycles. The van der Waals surface area contributed by atoms with Crippen LogP contribution in [-0.2, 0) is 9.59 Å². The molecule has 1 aliphatic heterocycles. The molecule has 2 bridgehead atoms. The summed E-state index contributed by atoms with van der Waals surface area (Å²) in [5.41, 5.74) is 5.59. The number of hydrogen-bond acceptors (Lipinski definition) is 3. The number of amides is 3. The van der Waals surface area contributed by atoms with Crippen LogP contribution >= 0.6 is 0 Å². The average Bonchev–Trinajstić information content (AvgIpc) is 3.13. The molecule has 3 aromatic rings. The number of anilines is 1. The van der Waals surface area contributed by atoms with Gasteiger partial charge < -0.3 is 5.32 Å². The van der Waals surface area contributed by atoms with Crippen LogP contribution in [0.3, 0.4) is 0 Å². The zero-order valence-corrected chi connectivity index (χ0v) is 17.9. The lowest BCUT2D eigenvalue weighted by molar-refractivity contribution is -0.122. The average molecular weight is 434 g/mol. The zero-order valence-electron chi connectivity index (χ0n) is 17.9. The summed E-state index contributed by atoms with van der Waals surface area (Å²) < 4.78 is 0. The van der Waals surface area contributed by atoms with Gasteiger partial charge in [0.15, 0.2) is 0 Å². The minimum absolute atomic E-state index is 0.127. The Balaban J connectivity index is 1.40. The van der Waals surface area contributed by atoms with E-state index in [0.717, 1.165) is 22.3 Å². The second-order valence-electron chi connectivity index (χ2n) is 8.82. The Kier molecular flexibility index (Phi) is 4.34. The Morgan fingerprint density at radius 2 is 1.24 bits per heavy atom. The van der Waals surface area contributed by atoms with Gasteiger partial charge in [0.1, 0.15) is 0 Å². The van der Waals surface area contributed by atoms with Gasteiger partial charge in [-0.2, -0.15) is 0 Å². The first-order valence-electron chi connectivity index (χ1n) is 11.2. The van der Waals surface area contributed by atoms with E-state index < -0.39 is 11.8 Å². The van der Waals surface area contributed by atoms with Crippen molar-refractivity contribution in [2.24, 2.45) is 11.8 Å². The number of imide groups is 1. The highest BCUT2D eigenvalue weighted by Gasteiger charge is 2.61. The fourth-order valence-corrected chi connectivity index (χ4v) is 5.96. The molecule has 0 spiro atoms. The Labute approximate surface area is 191 Å². The van der Waals surface area contributed by atoms with Crippen molar-refractivity contribution in [1.82, 2.24) is 5.32 Å². The molecule has 0 aromatic heterocycles. The summed E-state index contributed by atoms with van der Waals surface area (Å²) >= 11 is 0. The van der Waals surface area contributed by atoms with Crippen molar-refractivity contribution in [1.29, 1.82) is 0 Å². The second-order valence-corrected chi connectivity index (χ2v) is 8.82. The summed E-state index contributed by atoms with van der Waals surface area (Å²) in [4.78, 5) is 41.0. The van der Waals surface area contributed by atoms with Crippen LogP contribution in [0, 0.1) is 11.8 Å². The van der Waals surface area contributed by atoms with Crippen LogP contribution in [0.2, 0.25) is 0 Å². The molecule has 3 aromatic carbocycles. The topological polar surface area (TPSA) is 66.5 Å². The SMILES string of the molecule is C=CCNC(=O)c1ccc(N2C(=O)[C@@H]3C4c5ccccc5C(c5ccccc54)[C@H]3C2=O)cc1. The largest absolute Gasteiger partial charge is 0.349 e. The molecule has 0 unspecified atom stereocenters. The lowest BCUT2D eigenvalue weighted by Gasteiger charge is -2.45. The molecule has 33 heavy (non-hydrogen) atoms. The molecule has 2 atom stereocenters. The first-order chi connectivity index (χ1) is 16.1. The minimum atomic E-state index is -0.414. The van der Waals surface area contributed by atoms with Gasteiger partial charge in [-0.25, -0.2) is 4.90 Å². The summed E-state index contributed by atoms with van der Waals surface area (Å²) in [6.07, 6.45) is 1.61. The van der Waals surface area contributed by atoms with Gasteiger partial charge in [0.05, 0.1) is 17.5 Å². The minimum Gasteiger partial charge on any atom is -0.349 e. The Bertz CT molecular complexity index is 1210. The zero-order chi connectivity index (χ0) is 22.7. The quantitative estimate of drug-likeness (QED) is 0.499. The van der Waals surface area contributed by atoms with Gasteiger partial charge in [-0.3, -0.25) is 14.4 Å². The first kappa shape index (κ1) is 19.7. The van der Waals surface area contributed by atoms with Crippen molar-refractivity contribution in [3.8, 4) is 0 Å². The summed E-state index contributed by atoms with van der Waals surface area (Å²) in [5, 5.41) is 2.73. The van der Waals surface area contributed by atoms with E-state index in [4.69, 9.17) is 0 Å². The third kappa shape index (κ3) is 2.68. The molecule has 0 saturated carbocycles. The number of carbonyl (C=O) groups is 3. The third-order valence-electron chi connectivity index (χ3n) is 7.24. The predicted octanol–water partition coefficient (Wildman–Crippen LogP) is 4.00. The van der Waals surface area contributed by atoms with Gasteiger partial charge in [0.25, 0.3) is 5.91 Å². The fourth-order valence-electron chi connectivity index (χ4n) is 5.96. The van der Waals surface area contributed by atoms with E-state index in [0.29, 0.717) is 17.8 Å². The molecule has 7 rings (SSSR count). The van der Waals surface area contributed by atoms with Crippen LogP contribution in [0.5, 0.6) is 0 Å². The smallest absolute Gasteiger partial charge is 0.251 e. The Hall–Kier alpha value is -3.99. The number of nitrogens with zero attached hydrogens (tertiary/aromatic N) is 1. The standard InChI is InChI=1S/C28H22N2O3/c1-2-15-29-26(31)16-11-13-17(14-12-16)30-27(32)24-22-18-7-3-4-8-19(18)23(25(24)28(30)33)21-10-6-5-9-20(21)22/h2-14,22-25H,1,15H2,(H,29,31)/t22?,23?,24-,25-/m1/s1. The lowest BCUT2D eigenvalue weighted by atomic mass is 9.55. The van der Waals surface area contributed by atoms with Gasteiger partial charge in [-0.05, 0) is 46.5 Å². The molecule has 1 fully saturated rings. The number of carbonyl (C=O) groups excluding carboxylic acids is 3. The van der Waals surface area contributed by atoms with Crippen LogP contribution in [0.1, 0.15) is 44.4 Å².